The molecule has 3 N–H and O–H groups in total. The van der Waals surface area contributed by atoms with Gasteiger partial charge in [-0.05, 0) is 80.0 Å². The Hall–Kier alpha value is -3.81. The van der Waals surface area contributed by atoms with E-state index in [-0.39, 0.29) is 46.3 Å². The zero-order valence-corrected chi connectivity index (χ0v) is 27.1. The third-order valence-electron chi connectivity index (χ3n) is 9.62. The lowest BCUT2D eigenvalue weighted by Crippen LogP contribution is -2.44. The Morgan fingerprint density at radius 2 is 1.78 bits per heavy atom. The van der Waals surface area contributed by atoms with Gasteiger partial charge in [0.05, 0.1) is 23.5 Å². The topological polar surface area (TPSA) is 155 Å². The van der Waals surface area contributed by atoms with Gasteiger partial charge < -0.3 is 24.9 Å². The number of aromatic amines is 1. The molecule has 4 aliphatic rings. The second-order valence-corrected chi connectivity index (χ2v) is 14.6. The molecule has 1 saturated heterocycles. The summed E-state index contributed by atoms with van der Waals surface area (Å²) < 4.78 is 11.8. The van der Waals surface area contributed by atoms with E-state index in [2.05, 4.69) is 10.3 Å². The first-order valence-electron chi connectivity index (χ1n) is 15.0. The third-order valence-corrected chi connectivity index (χ3v) is 12.5. The van der Waals surface area contributed by atoms with Crippen LogP contribution in [-0.2, 0) is 19.2 Å². The number of nitrogens with one attached hydrogen (secondary N) is 2. The number of anilines is 1. The molecule has 0 spiro atoms. The van der Waals surface area contributed by atoms with Crippen LogP contribution in [0.5, 0.6) is 11.5 Å². The first-order valence-corrected chi connectivity index (χ1v) is 17.1. The van der Waals surface area contributed by atoms with Crippen LogP contribution in [0.4, 0.5) is 5.69 Å². The smallest absolute Gasteiger partial charge is 0.326 e. The van der Waals surface area contributed by atoms with Crippen molar-refractivity contribution in [3.05, 3.63) is 67.6 Å². The fourth-order valence-corrected chi connectivity index (χ4v) is 10.9. The summed E-state index contributed by atoms with van der Waals surface area (Å²) in [7, 11) is 0. The first kappa shape index (κ1) is 30.8. The molecular weight excluding hydrogens is 654 g/mol. The number of carbonyl (C=O) groups excluding carboxylic acids is 3. The number of thiazole rings is 1. The molecule has 11 nitrogen and oxygen atoms in total. The predicted octanol–water partition coefficient (Wildman–Crippen LogP) is 4.45. The number of H-pyrrole nitrogens is 1. The Bertz CT molecular complexity index is 1810. The van der Waals surface area contributed by atoms with Crippen LogP contribution in [0.25, 0.3) is 0 Å². The van der Waals surface area contributed by atoms with Gasteiger partial charge >= 0.3 is 10.8 Å². The number of likely N-dealkylation sites (tertiary alicyclic amines) is 1. The average Bonchev–Trinajstić information content (AvgIpc) is 3.76. The summed E-state index contributed by atoms with van der Waals surface area (Å²) in [6.45, 7) is 3.29. The van der Waals surface area contributed by atoms with Gasteiger partial charge in [-0.3, -0.25) is 24.1 Å². The second-order valence-electron chi connectivity index (χ2n) is 12.0. The number of rotatable bonds is 9. The van der Waals surface area contributed by atoms with E-state index in [1.807, 2.05) is 19.1 Å². The molecule has 2 bridgehead atoms. The largest absolute Gasteiger partial charge is 0.490 e. The van der Waals surface area contributed by atoms with Gasteiger partial charge in [0, 0.05) is 26.8 Å². The highest BCUT2D eigenvalue weighted by Gasteiger charge is 2.70. The van der Waals surface area contributed by atoms with Gasteiger partial charge in [-0.25, -0.2) is 4.79 Å². The Morgan fingerprint density at radius 3 is 2.48 bits per heavy atom. The highest BCUT2D eigenvalue weighted by molar-refractivity contribution is 8.00. The number of hydrogen-bond acceptors (Lipinski definition) is 9. The Balaban J connectivity index is 1.19. The van der Waals surface area contributed by atoms with Crippen molar-refractivity contribution in [1.82, 2.24) is 9.88 Å². The van der Waals surface area contributed by atoms with Crippen molar-refractivity contribution < 1.29 is 33.8 Å². The van der Waals surface area contributed by atoms with E-state index in [1.165, 1.54) is 6.92 Å². The zero-order valence-electron chi connectivity index (χ0n) is 24.7. The van der Waals surface area contributed by atoms with E-state index in [9.17, 15) is 29.1 Å². The van der Waals surface area contributed by atoms with Crippen LogP contribution in [0.2, 0.25) is 5.02 Å². The Labute approximate surface area is 276 Å². The summed E-state index contributed by atoms with van der Waals surface area (Å²) >= 11 is 8.62. The molecular formula is C32H30ClN3O8S2. The maximum Gasteiger partial charge on any atom is 0.326 e. The van der Waals surface area contributed by atoms with Crippen molar-refractivity contribution in [3.63, 3.8) is 0 Å². The van der Waals surface area contributed by atoms with Crippen LogP contribution in [0.3, 0.4) is 0 Å². The summed E-state index contributed by atoms with van der Waals surface area (Å²) in [5, 5.41) is 13.6. The number of hydrogen-bond donors (Lipinski definition) is 3. The number of benzene rings is 2. The van der Waals surface area contributed by atoms with Gasteiger partial charge in [-0.15, -0.1) is 11.8 Å². The molecule has 2 aromatic carbocycles. The lowest BCUT2D eigenvalue weighted by Gasteiger charge is -2.43. The van der Waals surface area contributed by atoms with Crippen LogP contribution in [0.15, 0.2) is 52.3 Å². The number of thioether (sulfide) groups is 1. The van der Waals surface area contributed by atoms with Gasteiger partial charge in [0.2, 0.25) is 11.8 Å². The monoisotopic (exact) mass is 683 g/mol. The van der Waals surface area contributed by atoms with Crippen LogP contribution in [0, 0.1) is 29.6 Å². The van der Waals surface area contributed by atoms with Gasteiger partial charge in [-0.1, -0.05) is 29.0 Å². The molecule has 240 valence electrons. The minimum atomic E-state index is -1.23. The molecule has 1 aromatic heterocycles. The molecule has 0 radical (unpaired) electrons. The second kappa shape index (κ2) is 11.8. The Kier molecular flexibility index (Phi) is 7.89. The number of amides is 3. The quantitative estimate of drug-likeness (QED) is 0.278. The van der Waals surface area contributed by atoms with Crippen LogP contribution >= 0.6 is 34.7 Å². The lowest BCUT2D eigenvalue weighted by molar-refractivity contribution is -0.154. The molecule has 3 amide bonds. The molecule has 7 unspecified atom stereocenters. The van der Waals surface area contributed by atoms with Crippen molar-refractivity contribution >= 4 is 64.1 Å². The fourth-order valence-electron chi connectivity index (χ4n) is 7.88. The Morgan fingerprint density at radius 1 is 1.07 bits per heavy atom. The van der Waals surface area contributed by atoms with Gasteiger partial charge in [0.25, 0.3) is 5.91 Å². The van der Waals surface area contributed by atoms with Crippen molar-refractivity contribution in [2.75, 3.05) is 18.5 Å². The summed E-state index contributed by atoms with van der Waals surface area (Å²) in [6.07, 6.45) is 0.683. The molecule has 8 atom stereocenters. The predicted molar refractivity (Wildman–Crippen MR) is 171 cm³/mol. The molecule has 2 saturated carbocycles. The summed E-state index contributed by atoms with van der Waals surface area (Å²) in [5.74, 6) is -3.35. The van der Waals surface area contributed by atoms with E-state index < -0.39 is 35.7 Å². The SMILES string of the molecule is CCOc1cc([C@H]2c3sc(=O)[nH]c3SC3C4CC(C5C(=O)N(C(C)C(=O)O)C(=O)C45)C32)ccc1OCC(=O)Nc1ccc(Cl)cc1. The van der Waals surface area contributed by atoms with Gasteiger partial charge in [0.15, 0.2) is 18.1 Å². The number of ether oxygens (including phenoxy) is 2. The van der Waals surface area contributed by atoms with E-state index in [0.29, 0.717) is 35.2 Å². The van der Waals surface area contributed by atoms with E-state index in [4.69, 9.17) is 21.1 Å². The number of aliphatic carboxylic acids is 1. The third kappa shape index (κ3) is 4.99. The highest BCUT2D eigenvalue weighted by Crippen LogP contribution is 2.68. The van der Waals surface area contributed by atoms with Crippen molar-refractivity contribution in [3.8, 4) is 11.5 Å². The van der Waals surface area contributed by atoms with Gasteiger partial charge in [0.1, 0.15) is 6.04 Å². The maximum atomic E-state index is 13.6. The minimum absolute atomic E-state index is 0.0473. The summed E-state index contributed by atoms with van der Waals surface area (Å²) in [4.78, 5) is 68.8. The van der Waals surface area contributed by atoms with Gasteiger partial charge in [-0.2, -0.15) is 0 Å². The lowest BCUT2D eigenvalue weighted by atomic mass is 9.68. The molecule has 3 fully saturated rings. The number of nitrogens with zero attached hydrogens (tertiary/aromatic N) is 1. The van der Waals surface area contributed by atoms with Crippen LogP contribution in [0.1, 0.15) is 36.6 Å². The molecule has 2 aliphatic heterocycles. The fraction of sp³-hybridized carbons (Fsp3) is 0.406. The average molecular weight is 684 g/mol. The van der Waals surface area contributed by atoms with Crippen LogP contribution < -0.4 is 19.7 Å². The molecule has 14 heteroatoms. The highest BCUT2D eigenvalue weighted by atomic mass is 35.5. The van der Waals surface area contributed by atoms with Crippen molar-refractivity contribution in [1.29, 1.82) is 0 Å². The number of aromatic nitrogens is 1. The molecule has 3 aromatic rings. The van der Waals surface area contributed by atoms with E-state index in [1.54, 1.807) is 42.1 Å². The molecule has 3 heterocycles. The summed E-state index contributed by atoms with van der Waals surface area (Å²) in [5.41, 5.74) is 1.45. The zero-order chi connectivity index (χ0) is 32.4. The minimum Gasteiger partial charge on any atom is -0.490 e. The maximum absolute atomic E-state index is 13.6. The standard InChI is InChI=1S/C32H30ClN3O8S2/c1-3-43-20-10-14(4-9-19(20)44-12-21(37)34-16-7-5-15(33)6-8-16)22-23-17-11-18(26(23)45-28-27(22)46-32(42)35-28)25-24(17)29(38)36(30(25)39)13(2)31(40)41/h4-10,13,17-18,22-26H,3,11-12H2,1-2H3,(H,34,37)(H,35,42)(H,40,41)/t13?,17?,18?,22-,23?,24?,25?,26?/m1/s1. The van der Waals surface area contributed by atoms with E-state index in [0.717, 1.165) is 31.7 Å². The van der Waals surface area contributed by atoms with E-state index >= 15 is 0 Å². The summed E-state index contributed by atoms with van der Waals surface area (Å²) in [6, 6.07) is 11.0. The number of fused-ring (bicyclic) bond motifs is 9. The number of halogens is 1. The van der Waals surface area contributed by atoms with Crippen molar-refractivity contribution in [2.24, 2.45) is 29.6 Å². The molecule has 46 heavy (non-hydrogen) atoms. The van der Waals surface area contributed by atoms with Crippen molar-refractivity contribution in [2.45, 2.75) is 42.5 Å². The molecule has 7 rings (SSSR count). The number of imide groups is 1. The molecule has 2 aliphatic carbocycles. The number of carboxylic acid groups (broad SMARTS) is 1. The number of carboxylic acids is 1. The normalized spacial score (nSPS) is 28.0. The number of carbonyl (C=O) groups is 4. The van der Waals surface area contributed by atoms with Crippen LogP contribution in [-0.4, -0.2) is 63.2 Å². The first-order chi connectivity index (χ1) is 22.1.